The second-order valence-electron chi connectivity index (χ2n) is 6.61. The highest BCUT2D eigenvalue weighted by Gasteiger charge is 2.23. The Morgan fingerprint density at radius 3 is 2.79 bits per heavy atom. The van der Waals surface area contributed by atoms with Crippen LogP contribution in [0.3, 0.4) is 0 Å². The van der Waals surface area contributed by atoms with Gasteiger partial charge in [-0.05, 0) is 62.1 Å². The fourth-order valence-electron chi connectivity index (χ4n) is 3.73. The maximum absolute atomic E-state index is 11.7. The highest BCUT2D eigenvalue weighted by atomic mass is 16.1. The van der Waals surface area contributed by atoms with Crippen molar-refractivity contribution in [2.75, 3.05) is 6.54 Å². The number of nitrogens with one attached hydrogen (secondary N) is 2. The quantitative estimate of drug-likeness (QED) is 0.709. The molecule has 24 heavy (non-hydrogen) atoms. The van der Waals surface area contributed by atoms with E-state index in [4.69, 9.17) is 0 Å². The van der Waals surface area contributed by atoms with E-state index in [1.54, 1.807) is 6.92 Å². The molecule has 1 unspecified atom stereocenters. The minimum absolute atomic E-state index is 0.126. The maximum Gasteiger partial charge on any atom is 0.159 e. The number of H-pyrrole nitrogens is 1. The molecule has 122 valence electrons. The molecule has 3 aromatic rings. The Morgan fingerprint density at radius 1 is 1.17 bits per heavy atom. The van der Waals surface area contributed by atoms with Crippen molar-refractivity contribution in [2.24, 2.45) is 0 Å². The number of hydrogen-bond donors (Lipinski definition) is 2. The van der Waals surface area contributed by atoms with Crippen molar-refractivity contribution in [1.82, 2.24) is 10.3 Å². The van der Waals surface area contributed by atoms with Crippen molar-refractivity contribution in [2.45, 2.75) is 32.2 Å². The number of hydrogen-bond acceptors (Lipinski definition) is 2. The molecule has 3 heteroatoms. The summed E-state index contributed by atoms with van der Waals surface area (Å²) in [4.78, 5) is 15.3. The Balaban J connectivity index is 1.64. The average molecular weight is 318 g/mol. The molecule has 2 aromatic carbocycles. The summed E-state index contributed by atoms with van der Waals surface area (Å²) in [5.41, 5.74) is 5.99. The van der Waals surface area contributed by atoms with E-state index in [9.17, 15) is 4.79 Å². The van der Waals surface area contributed by atoms with E-state index in [0.717, 1.165) is 36.9 Å². The number of fused-ring (bicyclic) bond motifs is 3. The van der Waals surface area contributed by atoms with Gasteiger partial charge in [0.1, 0.15) is 0 Å². The molecule has 0 radical (unpaired) electrons. The molecule has 0 saturated carbocycles. The number of carbonyl (C=O) groups excluding carboxylic acids is 1. The Bertz CT molecular complexity index is 879. The van der Waals surface area contributed by atoms with Gasteiger partial charge in [0.25, 0.3) is 0 Å². The first kappa shape index (κ1) is 15.2. The topological polar surface area (TPSA) is 44.9 Å². The molecule has 0 fully saturated rings. The number of rotatable bonds is 4. The van der Waals surface area contributed by atoms with Crippen LogP contribution >= 0.6 is 0 Å². The Morgan fingerprint density at radius 2 is 2.00 bits per heavy atom. The smallest absolute Gasteiger partial charge is 0.159 e. The average Bonchev–Trinajstić information content (AvgIpc) is 2.99. The molecule has 0 spiro atoms. The molecule has 1 aliphatic rings. The Labute approximate surface area is 142 Å². The van der Waals surface area contributed by atoms with Crippen LogP contribution in [0.2, 0.25) is 0 Å². The highest BCUT2D eigenvalue weighted by Crippen LogP contribution is 2.32. The van der Waals surface area contributed by atoms with Crippen LogP contribution in [0.25, 0.3) is 10.9 Å². The summed E-state index contributed by atoms with van der Waals surface area (Å²) >= 11 is 0. The number of benzene rings is 2. The molecule has 0 bridgehead atoms. The van der Waals surface area contributed by atoms with Gasteiger partial charge in [0.2, 0.25) is 0 Å². The van der Waals surface area contributed by atoms with E-state index in [1.165, 1.54) is 22.2 Å². The third-order valence-corrected chi connectivity index (χ3v) is 5.02. The lowest BCUT2D eigenvalue weighted by Crippen LogP contribution is -2.30. The van der Waals surface area contributed by atoms with E-state index in [0.29, 0.717) is 6.04 Å². The van der Waals surface area contributed by atoms with Gasteiger partial charge in [-0.2, -0.15) is 0 Å². The van der Waals surface area contributed by atoms with E-state index >= 15 is 0 Å². The zero-order valence-corrected chi connectivity index (χ0v) is 13.9. The van der Waals surface area contributed by atoms with Crippen molar-refractivity contribution in [3.05, 3.63) is 70.9 Å². The van der Waals surface area contributed by atoms with Crippen molar-refractivity contribution in [3.63, 3.8) is 0 Å². The zero-order chi connectivity index (χ0) is 16.5. The van der Waals surface area contributed by atoms with E-state index < -0.39 is 0 Å². The van der Waals surface area contributed by atoms with Crippen LogP contribution in [0, 0.1) is 0 Å². The van der Waals surface area contributed by atoms with Crippen molar-refractivity contribution >= 4 is 16.7 Å². The van der Waals surface area contributed by atoms with Gasteiger partial charge in [-0.1, -0.05) is 30.3 Å². The van der Waals surface area contributed by atoms with Crippen molar-refractivity contribution in [3.8, 4) is 0 Å². The number of aromatic amines is 1. The number of aryl methyl sites for hydroxylation is 1. The summed E-state index contributed by atoms with van der Waals surface area (Å²) in [6.45, 7) is 2.62. The Hall–Kier alpha value is -2.39. The summed E-state index contributed by atoms with van der Waals surface area (Å²) < 4.78 is 0. The van der Waals surface area contributed by atoms with E-state index in [1.807, 2.05) is 18.2 Å². The Kier molecular flexibility index (Phi) is 3.95. The van der Waals surface area contributed by atoms with Gasteiger partial charge in [-0.15, -0.1) is 0 Å². The predicted octanol–water partition coefficient (Wildman–Crippen LogP) is 4.19. The monoisotopic (exact) mass is 318 g/mol. The third-order valence-electron chi connectivity index (χ3n) is 5.02. The standard InChI is InChI=1S/C21H22N2O/c1-14(24)16-8-10-19-18(13-16)17-11-12-22-20(21(17)23-19)9-7-15-5-3-2-4-6-15/h2-6,8,10,13,20,22-23H,7,9,11-12H2,1H3. The van der Waals surface area contributed by atoms with Crippen LogP contribution in [0.15, 0.2) is 48.5 Å². The molecule has 1 aliphatic heterocycles. The van der Waals surface area contributed by atoms with E-state index in [2.05, 4.69) is 40.6 Å². The van der Waals surface area contributed by atoms with Gasteiger partial charge in [0.05, 0.1) is 0 Å². The van der Waals surface area contributed by atoms with E-state index in [-0.39, 0.29) is 5.78 Å². The summed E-state index contributed by atoms with van der Waals surface area (Å²) in [5, 5.41) is 4.86. The molecule has 2 N–H and O–H groups in total. The van der Waals surface area contributed by atoms with Crippen LogP contribution in [0.1, 0.15) is 46.6 Å². The molecular weight excluding hydrogens is 296 g/mol. The largest absolute Gasteiger partial charge is 0.357 e. The van der Waals surface area contributed by atoms with Gasteiger partial charge in [0, 0.05) is 28.2 Å². The molecule has 1 atom stereocenters. The predicted molar refractivity (Wildman–Crippen MR) is 97.5 cm³/mol. The third kappa shape index (κ3) is 2.76. The second-order valence-corrected chi connectivity index (χ2v) is 6.61. The summed E-state index contributed by atoms with van der Waals surface area (Å²) in [6, 6.07) is 17.0. The van der Waals surface area contributed by atoms with Crippen molar-refractivity contribution < 1.29 is 4.79 Å². The molecule has 0 saturated heterocycles. The lowest BCUT2D eigenvalue weighted by molar-refractivity contribution is 0.101. The van der Waals surface area contributed by atoms with Crippen LogP contribution in [0.4, 0.5) is 0 Å². The van der Waals surface area contributed by atoms with Crippen molar-refractivity contribution in [1.29, 1.82) is 0 Å². The molecular formula is C21H22N2O. The van der Waals surface area contributed by atoms with Gasteiger partial charge in [-0.25, -0.2) is 0 Å². The first-order valence-electron chi connectivity index (χ1n) is 8.65. The maximum atomic E-state index is 11.7. The number of Topliss-reactive ketones (excluding diaryl/α,β-unsaturated/α-hetero) is 1. The zero-order valence-electron chi connectivity index (χ0n) is 13.9. The lowest BCUT2D eigenvalue weighted by Gasteiger charge is -2.24. The fourth-order valence-corrected chi connectivity index (χ4v) is 3.73. The lowest BCUT2D eigenvalue weighted by atomic mass is 9.94. The normalized spacial score (nSPS) is 17.0. The first-order chi connectivity index (χ1) is 11.7. The van der Waals surface area contributed by atoms with Crippen LogP contribution in [-0.2, 0) is 12.8 Å². The van der Waals surface area contributed by atoms with Gasteiger partial charge >= 0.3 is 0 Å². The highest BCUT2D eigenvalue weighted by molar-refractivity contribution is 5.99. The molecule has 0 aliphatic carbocycles. The summed E-state index contributed by atoms with van der Waals surface area (Å²) in [6.07, 6.45) is 3.15. The summed E-state index contributed by atoms with van der Waals surface area (Å²) in [5.74, 6) is 0.126. The van der Waals surface area contributed by atoms with Crippen LogP contribution < -0.4 is 5.32 Å². The van der Waals surface area contributed by atoms with Crippen LogP contribution in [-0.4, -0.2) is 17.3 Å². The molecule has 1 aromatic heterocycles. The number of carbonyl (C=O) groups is 1. The SMILES string of the molecule is CC(=O)c1ccc2[nH]c3c(c2c1)CCNC3CCc1ccccc1. The molecule has 0 amide bonds. The van der Waals surface area contributed by atoms with Gasteiger partial charge in [0.15, 0.2) is 5.78 Å². The molecule has 4 rings (SSSR count). The molecule has 2 heterocycles. The minimum atomic E-state index is 0.126. The minimum Gasteiger partial charge on any atom is -0.357 e. The number of aromatic nitrogens is 1. The first-order valence-corrected chi connectivity index (χ1v) is 8.65. The summed E-state index contributed by atoms with van der Waals surface area (Å²) in [7, 11) is 0. The second kappa shape index (κ2) is 6.25. The van der Waals surface area contributed by atoms with Gasteiger partial charge < -0.3 is 10.3 Å². The van der Waals surface area contributed by atoms with Gasteiger partial charge in [-0.3, -0.25) is 4.79 Å². The number of ketones is 1. The van der Waals surface area contributed by atoms with Crippen LogP contribution in [0.5, 0.6) is 0 Å². The molecule has 3 nitrogen and oxygen atoms in total. The fraction of sp³-hybridized carbons (Fsp3) is 0.286.